The number of benzene rings is 2. The van der Waals surface area contributed by atoms with Crippen LogP contribution >= 0.6 is 0 Å². The number of aliphatic hydroxyl groups is 1. The van der Waals surface area contributed by atoms with E-state index >= 15 is 0 Å². The summed E-state index contributed by atoms with van der Waals surface area (Å²) in [4.78, 5) is 30.3. The quantitative estimate of drug-likeness (QED) is 0.249. The number of aliphatic hydroxyl groups excluding tert-OH is 1. The second-order valence-corrected chi connectivity index (χ2v) is 8.82. The van der Waals surface area contributed by atoms with E-state index in [9.17, 15) is 14.7 Å². The average Bonchev–Trinajstić information content (AvgIpc) is 3.16. The third kappa shape index (κ3) is 5.29. The average molecular weight is 493 g/mol. The summed E-state index contributed by atoms with van der Waals surface area (Å²) >= 11 is 0. The van der Waals surface area contributed by atoms with Gasteiger partial charge in [-0.3, -0.25) is 14.5 Å². The zero-order valence-electron chi connectivity index (χ0n) is 20.7. The Kier molecular flexibility index (Phi) is 8.07. The number of Topliss-reactive ketones (excluding diaryl/α,β-unsaturated/α-hetero) is 1. The first-order chi connectivity index (χ1) is 17.4. The molecule has 1 atom stereocenters. The van der Waals surface area contributed by atoms with Crippen molar-refractivity contribution in [1.29, 1.82) is 0 Å². The third-order valence-corrected chi connectivity index (χ3v) is 6.49. The molecule has 2 fully saturated rings. The molecule has 2 saturated heterocycles. The van der Waals surface area contributed by atoms with Gasteiger partial charge in [0.15, 0.2) is 11.5 Å². The van der Waals surface area contributed by atoms with Crippen LogP contribution in [0.5, 0.6) is 11.5 Å². The van der Waals surface area contributed by atoms with E-state index in [0.29, 0.717) is 55.5 Å². The minimum Gasteiger partial charge on any atom is -0.507 e. The molecule has 1 N–H and O–H groups in total. The van der Waals surface area contributed by atoms with Crippen LogP contribution in [0.3, 0.4) is 0 Å². The molecule has 0 radical (unpaired) electrons. The van der Waals surface area contributed by atoms with Crippen molar-refractivity contribution >= 4 is 17.4 Å². The highest BCUT2D eigenvalue weighted by atomic mass is 16.5. The number of aryl methyl sites for hydroxylation is 1. The van der Waals surface area contributed by atoms with E-state index in [1.165, 1.54) is 12.0 Å². The van der Waals surface area contributed by atoms with Crippen molar-refractivity contribution in [3.63, 3.8) is 0 Å². The maximum atomic E-state index is 13.3. The van der Waals surface area contributed by atoms with Crippen LogP contribution in [0.2, 0.25) is 0 Å². The normalized spacial score (nSPS) is 19.9. The molecule has 8 nitrogen and oxygen atoms in total. The number of carbonyl (C=O) groups is 2. The molecule has 2 aromatic carbocycles. The molecular weight excluding hydrogens is 460 g/mol. The van der Waals surface area contributed by atoms with Crippen LogP contribution in [-0.2, 0) is 14.3 Å². The lowest BCUT2D eigenvalue weighted by Gasteiger charge is -2.31. The number of ketones is 1. The summed E-state index contributed by atoms with van der Waals surface area (Å²) in [5.74, 6) is -0.551. The van der Waals surface area contributed by atoms with Crippen LogP contribution in [0.4, 0.5) is 0 Å². The summed E-state index contributed by atoms with van der Waals surface area (Å²) in [7, 11) is 1.53. The fourth-order valence-electron chi connectivity index (χ4n) is 4.52. The van der Waals surface area contributed by atoms with E-state index in [1.807, 2.05) is 19.1 Å². The van der Waals surface area contributed by atoms with Gasteiger partial charge in [0.05, 0.1) is 31.9 Å². The van der Waals surface area contributed by atoms with Crippen LogP contribution in [0, 0.1) is 6.92 Å². The molecule has 190 valence electrons. The second kappa shape index (κ2) is 11.4. The topological polar surface area (TPSA) is 88.5 Å². The monoisotopic (exact) mass is 492 g/mol. The van der Waals surface area contributed by atoms with Crippen molar-refractivity contribution in [2.45, 2.75) is 13.0 Å². The fourth-order valence-corrected chi connectivity index (χ4v) is 4.52. The molecule has 2 aliphatic rings. The van der Waals surface area contributed by atoms with E-state index in [2.05, 4.69) is 11.5 Å². The van der Waals surface area contributed by atoms with Gasteiger partial charge in [-0.1, -0.05) is 48.6 Å². The Balaban J connectivity index is 1.76. The van der Waals surface area contributed by atoms with Crippen molar-refractivity contribution in [2.24, 2.45) is 0 Å². The number of nitrogens with zero attached hydrogens (tertiary/aromatic N) is 2. The summed E-state index contributed by atoms with van der Waals surface area (Å²) in [5.41, 5.74) is 2.21. The number of rotatable bonds is 9. The van der Waals surface area contributed by atoms with E-state index in [-0.39, 0.29) is 11.3 Å². The van der Waals surface area contributed by atoms with Crippen molar-refractivity contribution in [2.75, 3.05) is 53.1 Å². The molecular formula is C28H32N2O6. The Morgan fingerprint density at radius 3 is 2.50 bits per heavy atom. The number of hydrogen-bond acceptors (Lipinski definition) is 7. The van der Waals surface area contributed by atoms with Gasteiger partial charge < -0.3 is 24.2 Å². The van der Waals surface area contributed by atoms with Crippen molar-refractivity contribution < 1.29 is 28.9 Å². The zero-order valence-corrected chi connectivity index (χ0v) is 20.7. The van der Waals surface area contributed by atoms with Gasteiger partial charge in [0.25, 0.3) is 11.7 Å². The molecule has 8 heteroatoms. The smallest absolute Gasteiger partial charge is 0.295 e. The third-order valence-electron chi connectivity index (χ3n) is 6.49. The molecule has 0 bridgehead atoms. The summed E-state index contributed by atoms with van der Waals surface area (Å²) < 4.78 is 16.6. The first kappa shape index (κ1) is 25.5. The minimum absolute atomic E-state index is 0.0626. The van der Waals surface area contributed by atoms with Gasteiger partial charge >= 0.3 is 0 Å². The zero-order chi connectivity index (χ0) is 25.7. The molecule has 1 amide bonds. The lowest BCUT2D eigenvalue weighted by molar-refractivity contribution is -0.140. The first-order valence-corrected chi connectivity index (χ1v) is 12.0. The Hall–Kier alpha value is -3.62. The molecule has 4 rings (SSSR count). The lowest BCUT2D eigenvalue weighted by atomic mass is 9.94. The summed E-state index contributed by atoms with van der Waals surface area (Å²) in [6.45, 7) is 9.64. The van der Waals surface area contributed by atoms with E-state index in [4.69, 9.17) is 14.2 Å². The van der Waals surface area contributed by atoms with Crippen LogP contribution in [0.15, 0.2) is 60.7 Å². The largest absolute Gasteiger partial charge is 0.507 e. The van der Waals surface area contributed by atoms with Gasteiger partial charge in [-0.2, -0.15) is 0 Å². The molecule has 2 heterocycles. The van der Waals surface area contributed by atoms with Gasteiger partial charge in [0.1, 0.15) is 12.4 Å². The fraction of sp³-hybridized carbons (Fsp3) is 0.357. The van der Waals surface area contributed by atoms with Crippen molar-refractivity contribution in [1.82, 2.24) is 9.80 Å². The number of carbonyl (C=O) groups excluding carboxylic acids is 2. The summed E-state index contributed by atoms with van der Waals surface area (Å²) in [6.07, 6.45) is 1.63. The molecule has 0 aromatic heterocycles. The highest BCUT2D eigenvalue weighted by molar-refractivity contribution is 6.46. The maximum absolute atomic E-state index is 13.3. The molecule has 1 unspecified atom stereocenters. The minimum atomic E-state index is -0.769. The van der Waals surface area contributed by atoms with Crippen molar-refractivity contribution in [3.05, 3.63) is 77.4 Å². The summed E-state index contributed by atoms with van der Waals surface area (Å²) in [5, 5.41) is 11.2. The molecule has 36 heavy (non-hydrogen) atoms. The molecule has 0 aliphatic carbocycles. The predicted molar refractivity (Wildman–Crippen MR) is 136 cm³/mol. The Morgan fingerprint density at radius 1 is 1.11 bits per heavy atom. The van der Waals surface area contributed by atoms with Crippen LogP contribution in [0.1, 0.15) is 22.7 Å². The molecule has 0 saturated carbocycles. The van der Waals surface area contributed by atoms with Crippen LogP contribution in [-0.4, -0.2) is 79.7 Å². The first-order valence-electron chi connectivity index (χ1n) is 12.0. The predicted octanol–water partition coefficient (Wildman–Crippen LogP) is 3.32. The SMILES string of the molecule is C=CCOc1ccc(C2C(=C(O)c3ccc(C)cc3)C(=O)C(=O)N2CCN2CCOCC2)cc1OC. The van der Waals surface area contributed by atoms with Crippen LogP contribution in [0.25, 0.3) is 5.76 Å². The van der Waals surface area contributed by atoms with Gasteiger partial charge in [-0.25, -0.2) is 0 Å². The number of likely N-dealkylation sites (tertiary alicyclic amines) is 1. The molecule has 2 aromatic rings. The lowest BCUT2D eigenvalue weighted by Crippen LogP contribution is -2.42. The van der Waals surface area contributed by atoms with Gasteiger partial charge in [0, 0.05) is 31.7 Å². The van der Waals surface area contributed by atoms with E-state index < -0.39 is 17.7 Å². The van der Waals surface area contributed by atoms with E-state index in [0.717, 1.165) is 18.7 Å². The number of morpholine rings is 1. The van der Waals surface area contributed by atoms with Crippen molar-refractivity contribution in [3.8, 4) is 11.5 Å². The van der Waals surface area contributed by atoms with Gasteiger partial charge in [-0.15, -0.1) is 0 Å². The van der Waals surface area contributed by atoms with Gasteiger partial charge in [0.2, 0.25) is 0 Å². The standard InChI is InChI=1S/C28H32N2O6/c1-4-15-36-22-10-9-21(18-23(22)34-3)25-24(26(31)20-7-5-19(2)6-8-20)27(32)28(33)30(25)12-11-29-13-16-35-17-14-29/h4-10,18,25,31H,1,11-17H2,2-3H3. The summed E-state index contributed by atoms with van der Waals surface area (Å²) in [6, 6.07) is 11.7. The number of hydrogen-bond donors (Lipinski definition) is 1. The Bertz CT molecular complexity index is 1150. The molecule has 0 spiro atoms. The number of amides is 1. The maximum Gasteiger partial charge on any atom is 0.295 e. The molecule has 2 aliphatic heterocycles. The van der Waals surface area contributed by atoms with Crippen LogP contribution < -0.4 is 9.47 Å². The van der Waals surface area contributed by atoms with Gasteiger partial charge in [-0.05, 0) is 24.6 Å². The Morgan fingerprint density at radius 2 is 1.83 bits per heavy atom. The number of ether oxygens (including phenoxy) is 3. The highest BCUT2D eigenvalue weighted by Gasteiger charge is 2.46. The van der Waals surface area contributed by atoms with E-state index in [1.54, 1.807) is 36.4 Å². The second-order valence-electron chi connectivity index (χ2n) is 8.82. The highest BCUT2D eigenvalue weighted by Crippen LogP contribution is 2.42. The number of methoxy groups -OCH3 is 1. The Labute approximate surface area is 211 Å².